The third-order valence-electron chi connectivity index (χ3n) is 3.66. The molecule has 0 unspecified atom stereocenters. The summed E-state index contributed by atoms with van der Waals surface area (Å²) in [5.41, 5.74) is -0.765. The van der Waals surface area contributed by atoms with E-state index in [-0.39, 0.29) is 5.97 Å². The molecular formula is C15H19F3N2O2. The van der Waals surface area contributed by atoms with Gasteiger partial charge in [-0.15, -0.1) is 0 Å². The molecule has 4 nitrogen and oxygen atoms in total. The van der Waals surface area contributed by atoms with E-state index in [1.54, 1.807) is 6.92 Å². The SMILES string of the molecule is CCOC(=O)C1(NCc2ccc(C(F)(F)F)cc2)CN(C)C1. The van der Waals surface area contributed by atoms with Gasteiger partial charge in [0.2, 0.25) is 0 Å². The van der Waals surface area contributed by atoms with Crippen LogP contribution in [0.2, 0.25) is 0 Å². The number of benzene rings is 1. The summed E-state index contributed by atoms with van der Waals surface area (Å²) in [5, 5.41) is 3.12. The summed E-state index contributed by atoms with van der Waals surface area (Å²) in [6, 6.07) is 4.91. The lowest BCUT2D eigenvalue weighted by Crippen LogP contribution is -2.72. The maximum absolute atomic E-state index is 12.5. The largest absolute Gasteiger partial charge is 0.465 e. The van der Waals surface area contributed by atoms with Gasteiger partial charge in [-0.3, -0.25) is 5.32 Å². The number of ether oxygens (including phenoxy) is 1. The molecule has 2 rings (SSSR count). The second kappa shape index (κ2) is 6.26. The molecule has 1 aromatic rings. The van der Waals surface area contributed by atoms with Crippen LogP contribution in [0.4, 0.5) is 13.2 Å². The van der Waals surface area contributed by atoms with E-state index in [2.05, 4.69) is 5.32 Å². The molecule has 7 heteroatoms. The van der Waals surface area contributed by atoms with Crippen molar-refractivity contribution in [2.24, 2.45) is 0 Å². The summed E-state index contributed by atoms with van der Waals surface area (Å²) < 4.78 is 42.6. The van der Waals surface area contributed by atoms with E-state index in [0.717, 1.165) is 12.1 Å². The second-order valence-corrected chi connectivity index (χ2v) is 5.52. The normalized spacial score (nSPS) is 17.9. The maximum atomic E-state index is 12.5. The minimum Gasteiger partial charge on any atom is -0.465 e. The minimum atomic E-state index is -4.34. The van der Waals surface area contributed by atoms with E-state index in [1.807, 2.05) is 11.9 Å². The number of alkyl halides is 3. The third-order valence-corrected chi connectivity index (χ3v) is 3.66. The molecule has 1 aliphatic rings. The van der Waals surface area contributed by atoms with Crippen LogP contribution in [0.25, 0.3) is 0 Å². The predicted octanol–water partition coefficient (Wildman–Crippen LogP) is 2.04. The Morgan fingerprint density at radius 1 is 1.32 bits per heavy atom. The van der Waals surface area contributed by atoms with Crippen LogP contribution in [0.1, 0.15) is 18.1 Å². The van der Waals surface area contributed by atoms with E-state index in [9.17, 15) is 18.0 Å². The Kier molecular flexibility index (Phi) is 4.77. The molecule has 0 spiro atoms. The van der Waals surface area contributed by atoms with Crippen molar-refractivity contribution in [3.63, 3.8) is 0 Å². The number of nitrogens with zero attached hydrogens (tertiary/aromatic N) is 1. The van der Waals surface area contributed by atoms with Crippen molar-refractivity contribution in [2.45, 2.75) is 25.2 Å². The average Bonchev–Trinajstić information content (AvgIpc) is 2.42. The van der Waals surface area contributed by atoms with Gasteiger partial charge in [-0.25, -0.2) is 4.79 Å². The highest BCUT2D eigenvalue weighted by atomic mass is 19.4. The molecular weight excluding hydrogens is 297 g/mol. The summed E-state index contributed by atoms with van der Waals surface area (Å²) in [6.07, 6.45) is -4.34. The van der Waals surface area contributed by atoms with Crippen molar-refractivity contribution in [2.75, 3.05) is 26.7 Å². The highest BCUT2D eigenvalue weighted by Gasteiger charge is 2.48. The summed E-state index contributed by atoms with van der Waals surface area (Å²) in [5.74, 6) is -0.319. The third kappa shape index (κ3) is 3.59. The standard InChI is InChI=1S/C15H19F3N2O2/c1-3-22-13(21)14(9-20(2)10-14)19-8-11-4-6-12(7-5-11)15(16,17)18/h4-7,19H,3,8-10H2,1-2H3. The first-order valence-electron chi connectivity index (χ1n) is 7.04. The average molecular weight is 316 g/mol. The predicted molar refractivity (Wildman–Crippen MR) is 75.1 cm³/mol. The molecule has 1 aromatic carbocycles. The van der Waals surface area contributed by atoms with Gasteiger partial charge in [0.05, 0.1) is 12.2 Å². The summed E-state index contributed by atoms with van der Waals surface area (Å²) in [6.45, 7) is 3.39. The quantitative estimate of drug-likeness (QED) is 0.844. The molecule has 1 heterocycles. The molecule has 0 aliphatic carbocycles. The van der Waals surface area contributed by atoms with Crippen molar-refractivity contribution in [3.05, 3.63) is 35.4 Å². The monoisotopic (exact) mass is 316 g/mol. The number of nitrogens with one attached hydrogen (secondary N) is 1. The number of hydrogen-bond donors (Lipinski definition) is 1. The summed E-state index contributed by atoms with van der Waals surface area (Å²) in [4.78, 5) is 14.0. The summed E-state index contributed by atoms with van der Waals surface area (Å²) >= 11 is 0. The van der Waals surface area contributed by atoms with Crippen LogP contribution in [0.3, 0.4) is 0 Å². The first-order chi connectivity index (χ1) is 10.3. The second-order valence-electron chi connectivity index (χ2n) is 5.52. The fourth-order valence-corrected chi connectivity index (χ4v) is 2.54. The van der Waals surface area contributed by atoms with E-state index >= 15 is 0 Å². The molecule has 1 saturated heterocycles. The van der Waals surface area contributed by atoms with Crippen molar-refractivity contribution >= 4 is 5.97 Å². The van der Waals surface area contributed by atoms with Gasteiger partial charge in [0.1, 0.15) is 5.54 Å². The Bertz CT molecular complexity index is 523. The fraction of sp³-hybridized carbons (Fsp3) is 0.533. The zero-order valence-corrected chi connectivity index (χ0v) is 12.5. The molecule has 22 heavy (non-hydrogen) atoms. The van der Waals surface area contributed by atoms with Crippen LogP contribution in [0, 0.1) is 0 Å². The molecule has 1 N–H and O–H groups in total. The van der Waals surface area contributed by atoms with Crippen LogP contribution < -0.4 is 5.32 Å². The van der Waals surface area contributed by atoms with Crippen molar-refractivity contribution in [1.82, 2.24) is 10.2 Å². The highest BCUT2D eigenvalue weighted by molar-refractivity contribution is 5.83. The van der Waals surface area contributed by atoms with Gasteiger partial charge < -0.3 is 9.64 Å². The van der Waals surface area contributed by atoms with Gasteiger partial charge in [-0.2, -0.15) is 13.2 Å². The van der Waals surface area contributed by atoms with Gasteiger partial charge in [-0.1, -0.05) is 12.1 Å². The fourth-order valence-electron chi connectivity index (χ4n) is 2.54. The van der Waals surface area contributed by atoms with Gasteiger partial charge in [-0.05, 0) is 31.7 Å². The van der Waals surface area contributed by atoms with E-state index in [4.69, 9.17) is 4.74 Å². The maximum Gasteiger partial charge on any atom is 0.416 e. The van der Waals surface area contributed by atoms with Crippen LogP contribution in [-0.2, 0) is 22.3 Å². The Morgan fingerprint density at radius 2 is 1.91 bits per heavy atom. The lowest BCUT2D eigenvalue weighted by Gasteiger charge is -2.46. The number of likely N-dealkylation sites (tertiary alicyclic amines) is 1. The Hall–Kier alpha value is -1.60. The number of esters is 1. The smallest absolute Gasteiger partial charge is 0.416 e. The zero-order valence-electron chi connectivity index (χ0n) is 12.5. The number of carbonyl (C=O) groups excluding carboxylic acids is 1. The van der Waals surface area contributed by atoms with Crippen molar-refractivity contribution < 1.29 is 22.7 Å². The van der Waals surface area contributed by atoms with E-state index in [0.29, 0.717) is 31.8 Å². The van der Waals surface area contributed by atoms with E-state index < -0.39 is 17.3 Å². The molecule has 0 aromatic heterocycles. The van der Waals surface area contributed by atoms with Crippen molar-refractivity contribution in [3.8, 4) is 0 Å². The lowest BCUT2D eigenvalue weighted by molar-refractivity contribution is -0.158. The Morgan fingerprint density at radius 3 is 2.36 bits per heavy atom. The van der Waals surface area contributed by atoms with Crippen LogP contribution in [0.5, 0.6) is 0 Å². The number of carbonyl (C=O) groups is 1. The number of likely N-dealkylation sites (N-methyl/N-ethyl adjacent to an activating group) is 1. The zero-order chi connectivity index (χ0) is 16.4. The molecule has 0 radical (unpaired) electrons. The molecule has 1 fully saturated rings. The molecule has 0 saturated carbocycles. The van der Waals surface area contributed by atoms with Gasteiger partial charge >= 0.3 is 12.1 Å². The van der Waals surface area contributed by atoms with Crippen LogP contribution >= 0.6 is 0 Å². The van der Waals surface area contributed by atoms with Crippen LogP contribution in [0.15, 0.2) is 24.3 Å². The Balaban J connectivity index is 2.00. The van der Waals surface area contributed by atoms with Gasteiger partial charge in [0, 0.05) is 19.6 Å². The molecule has 122 valence electrons. The first-order valence-corrected chi connectivity index (χ1v) is 7.04. The highest BCUT2D eigenvalue weighted by Crippen LogP contribution is 2.29. The van der Waals surface area contributed by atoms with E-state index in [1.165, 1.54) is 12.1 Å². The number of rotatable bonds is 5. The minimum absolute atomic E-state index is 0.298. The molecule has 0 atom stereocenters. The molecule has 0 bridgehead atoms. The number of halogens is 3. The number of hydrogen-bond acceptors (Lipinski definition) is 4. The topological polar surface area (TPSA) is 41.6 Å². The Labute approximate surface area is 127 Å². The molecule has 0 amide bonds. The van der Waals surface area contributed by atoms with Gasteiger partial charge in [0.15, 0.2) is 0 Å². The lowest BCUT2D eigenvalue weighted by atomic mass is 9.90. The van der Waals surface area contributed by atoms with Crippen LogP contribution in [-0.4, -0.2) is 43.2 Å². The van der Waals surface area contributed by atoms with Crippen molar-refractivity contribution in [1.29, 1.82) is 0 Å². The first kappa shape index (κ1) is 16.8. The molecule has 1 aliphatic heterocycles. The van der Waals surface area contributed by atoms with Gasteiger partial charge in [0.25, 0.3) is 0 Å². The summed E-state index contributed by atoms with van der Waals surface area (Å²) in [7, 11) is 1.89.